The fourth-order valence-corrected chi connectivity index (χ4v) is 4.18. The fraction of sp³-hybridized carbons (Fsp3) is 0.368. The number of ether oxygens (including phenoxy) is 1. The Balaban J connectivity index is 1.51. The lowest BCUT2D eigenvalue weighted by Crippen LogP contribution is -2.12. The molecule has 1 aromatic carbocycles. The molecule has 1 N–H and O–H groups in total. The van der Waals surface area contributed by atoms with Crippen LogP contribution in [0.5, 0.6) is 5.75 Å². The summed E-state index contributed by atoms with van der Waals surface area (Å²) in [5.41, 5.74) is 4.34. The van der Waals surface area contributed by atoms with E-state index in [9.17, 15) is 5.26 Å². The Morgan fingerprint density at radius 3 is 2.92 bits per heavy atom. The summed E-state index contributed by atoms with van der Waals surface area (Å²) in [6, 6.07) is 12.9. The third-order valence-electron chi connectivity index (χ3n) is 4.71. The van der Waals surface area contributed by atoms with Gasteiger partial charge in [0, 0.05) is 23.4 Å². The molecular weight excluding hydrogens is 318 g/mol. The second-order valence-corrected chi connectivity index (χ2v) is 7.38. The Kier molecular flexibility index (Phi) is 4.07. The van der Waals surface area contributed by atoms with Crippen LogP contribution in [0.3, 0.4) is 0 Å². The number of anilines is 1. The quantitative estimate of drug-likeness (QED) is 0.921. The van der Waals surface area contributed by atoms with Crippen LogP contribution in [0.25, 0.3) is 0 Å². The van der Waals surface area contributed by atoms with E-state index in [-0.39, 0.29) is 0 Å². The van der Waals surface area contributed by atoms with E-state index in [1.54, 1.807) is 7.11 Å². The standard InChI is InChI=1S/C19H19N3OS/c1-23-15-4-2-12(3-5-15)16-9-18(16)22-19-13(10-20)8-14-11-24-7-6-17(14)21-19/h2-5,8,16,18H,6-7,9,11H2,1H3,(H,21,22)/t16-,18+/m0/s1. The Morgan fingerprint density at radius 1 is 1.33 bits per heavy atom. The first-order valence-corrected chi connectivity index (χ1v) is 9.35. The highest BCUT2D eigenvalue weighted by Gasteiger charge is 2.39. The molecule has 2 aromatic rings. The van der Waals surface area contributed by atoms with E-state index in [1.807, 2.05) is 30.0 Å². The van der Waals surface area contributed by atoms with Crippen LogP contribution < -0.4 is 10.1 Å². The molecule has 0 bridgehead atoms. The second kappa shape index (κ2) is 6.37. The number of thioether (sulfide) groups is 1. The number of aryl methyl sites for hydroxylation is 1. The largest absolute Gasteiger partial charge is 0.497 e. The highest BCUT2D eigenvalue weighted by Crippen LogP contribution is 2.43. The number of hydrogen-bond acceptors (Lipinski definition) is 5. The number of pyridine rings is 1. The molecule has 4 rings (SSSR count). The predicted molar refractivity (Wildman–Crippen MR) is 96.6 cm³/mol. The van der Waals surface area contributed by atoms with Gasteiger partial charge in [0.1, 0.15) is 17.6 Å². The van der Waals surface area contributed by atoms with E-state index < -0.39 is 0 Å². The SMILES string of the molecule is COc1ccc([C@@H]2C[C@H]2Nc2nc3c(cc2C#N)CSCC3)cc1. The first-order chi connectivity index (χ1) is 11.8. The molecule has 0 unspecified atom stereocenters. The zero-order chi connectivity index (χ0) is 16.5. The molecule has 1 aliphatic carbocycles. The number of nitriles is 1. The summed E-state index contributed by atoms with van der Waals surface area (Å²) in [5, 5.41) is 12.9. The number of aromatic nitrogens is 1. The van der Waals surface area contributed by atoms with E-state index >= 15 is 0 Å². The summed E-state index contributed by atoms with van der Waals surface area (Å²) in [7, 11) is 1.68. The first-order valence-electron chi connectivity index (χ1n) is 8.19. The van der Waals surface area contributed by atoms with Crippen molar-refractivity contribution in [3.63, 3.8) is 0 Å². The van der Waals surface area contributed by atoms with E-state index in [4.69, 9.17) is 9.72 Å². The summed E-state index contributed by atoms with van der Waals surface area (Å²) in [5.74, 6) is 4.20. The zero-order valence-corrected chi connectivity index (χ0v) is 14.4. The van der Waals surface area contributed by atoms with Crippen molar-refractivity contribution >= 4 is 17.6 Å². The molecule has 0 spiro atoms. The van der Waals surface area contributed by atoms with Crippen molar-refractivity contribution in [3.8, 4) is 11.8 Å². The van der Waals surface area contributed by atoms with Gasteiger partial charge in [-0.1, -0.05) is 12.1 Å². The summed E-state index contributed by atoms with van der Waals surface area (Å²) < 4.78 is 5.21. The Labute approximate surface area is 146 Å². The van der Waals surface area contributed by atoms with Gasteiger partial charge in [0.2, 0.25) is 0 Å². The Bertz CT molecular complexity index is 797. The molecular formula is C19H19N3OS. The third-order valence-corrected chi connectivity index (χ3v) is 5.72. The fourth-order valence-electron chi connectivity index (χ4n) is 3.23. The van der Waals surface area contributed by atoms with E-state index in [2.05, 4.69) is 23.5 Å². The van der Waals surface area contributed by atoms with Gasteiger partial charge >= 0.3 is 0 Å². The number of fused-ring (bicyclic) bond motifs is 1. The number of benzene rings is 1. The smallest absolute Gasteiger partial charge is 0.144 e. The molecule has 0 radical (unpaired) electrons. The lowest BCUT2D eigenvalue weighted by Gasteiger charge is -2.17. The van der Waals surface area contributed by atoms with Gasteiger partial charge in [-0.2, -0.15) is 17.0 Å². The number of nitrogens with one attached hydrogen (secondary N) is 1. The molecule has 1 aromatic heterocycles. The van der Waals surface area contributed by atoms with E-state index in [1.165, 1.54) is 11.1 Å². The molecule has 4 nitrogen and oxygen atoms in total. The van der Waals surface area contributed by atoms with Gasteiger partial charge in [-0.25, -0.2) is 4.98 Å². The molecule has 122 valence electrons. The van der Waals surface area contributed by atoms with Crippen molar-refractivity contribution in [1.29, 1.82) is 5.26 Å². The second-order valence-electron chi connectivity index (χ2n) is 6.27. The van der Waals surface area contributed by atoms with Crippen molar-refractivity contribution in [2.45, 2.75) is 30.6 Å². The Hall–Kier alpha value is -2.19. The molecule has 2 heterocycles. The van der Waals surface area contributed by atoms with Crippen molar-refractivity contribution < 1.29 is 4.74 Å². The number of methoxy groups -OCH3 is 1. The molecule has 2 atom stereocenters. The van der Waals surface area contributed by atoms with E-state index in [0.29, 0.717) is 17.5 Å². The normalized spacial score (nSPS) is 21.5. The maximum Gasteiger partial charge on any atom is 0.144 e. The molecule has 24 heavy (non-hydrogen) atoms. The van der Waals surface area contributed by atoms with Crippen molar-refractivity contribution in [2.75, 3.05) is 18.2 Å². The van der Waals surface area contributed by atoms with Crippen LogP contribution in [0.4, 0.5) is 5.82 Å². The summed E-state index contributed by atoms with van der Waals surface area (Å²) in [4.78, 5) is 4.75. The van der Waals surface area contributed by atoms with Crippen molar-refractivity contribution in [3.05, 3.63) is 52.7 Å². The van der Waals surface area contributed by atoms with E-state index in [0.717, 1.165) is 41.6 Å². The highest BCUT2D eigenvalue weighted by atomic mass is 32.2. The first kappa shape index (κ1) is 15.3. The van der Waals surface area contributed by atoms with Gasteiger partial charge < -0.3 is 10.1 Å². The average molecular weight is 337 g/mol. The molecule has 1 fully saturated rings. The number of nitrogens with zero attached hydrogens (tertiary/aromatic N) is 2. The van der Waals surface area contributed by atoms with Gasteiger partial charge in [0.15, 0.2) is 0 Å². The minimum absolute atomic E-state index is 0.356. The molecule has 1 saturated carbocycles. The van der Waals surface area contributed by atoms with Crippen LogP contribution in [0, 0.1) is 11.3 Å². The van der Waals surface area contributed by atoms with Gasteiger partial charge in [-0.15, -0.1) is 0 Å². The minimum atomic E-state index is 0.356. The molecule has 0 amide bonds. The lowest BCUT2D eigenvalue weighted by molar-refractivity contribution is 0.414. The zero-order valence-electron chi connectivity index (χ0n) is 13.6. The van der Waals surface area contributed by atoms with Crippen LogP contribution in [-0.2, 0) is 12.2 Å². The van der Waals surface area contributed by atoms with Crippen LogP contribution in [0.1, 0.15) is 34.7 Å². The van der Waals surface area contributed by atoms with Gasteiger partial charge in [0.05, 0.1) is 12.7 Å². The Morgan fingerprint density at radius 2 is 2.17 bits per heavy atom. The predicted octanol–water partition coefficient (Wildman–Crippen LogP) is 3.72. The molecule has 1 aliphatic heterocycles. The van der Waals surface area contributed by atoms with Crippen molar-refractivity contribution in [2.24, 2.45) is 0 Å². The molecule has 0 saturated heterocycles. The third kappa shape index (κ3) is 2.94. The summed E-state index contributed by atoms with van der Waals surface area (Å²) in [6.07, 6.45) is 2.07. The topological polar surface area (TPSA) is 57.9 Å². The maximum absolute atomic E-state index is 9.44. The maximum atomic E-state index is 9.44. The van der Waals surface area contributed by atoms with Gasteiger partial charge in [-0.05, 0) is 47.9 Å². The van der Waals surface area contributed by atoms with Crippen molar-refractivity contribution in [1.82, 2.24) is 4.98 Å². The van der Waals surface area contributed by atoms with Crippen LogP contribution in [0.2, 0.25) is 0 Å². The van der Waals surface area contributed by atoms with Crippen LogP contribution in [0.15, 0.2) is 30.3 Å². The van der Waals surface area contributed by atoms with Crippen LogP contribution in [-0.4, -0.2) is 23.9 Å². The number of hydrogen-bond donors (Lipinski definition) is 1. The average Bonchev–Trinajstić information content (AvgIpc) is 3.40. The lowest BCUT2D eigenvalue weighted by atomic mass is 10.1. The molecule has 2 aliphatic rings. The van der Waals surface area contributed by atoms with Gasteiger partial charge in [0.25, 0.3) is 0 Å². The summed E-state index contributed by atoms with van der Waals surface area (Å²) >= 11 is 1.91. The molecule has 5 heteroatoms. The number of rotatable bonds is 4. The van der Waals surface area contributed by atoms with Gasteiger partial charge in [-0.3, -0.25) is 0 Å². The van der Waals surface area contributed by atoms with Crippen LogP contribution >= 0.6 is 11.8 Å². The highest BCUT2D eigenvalue weighted by molar-refractivity contribution is 7.98. The summed E-state index contributed by atoms with van der Waals surface area (Å²) in [6.45, 7) is 0. The monoisotopic (exact) mass is 337 g/mol. The minimum Gasteiger partial charge on any atom is -0.497 e.